The van der Waals surface area contributed by atoms with Crippen molar-refractivity contribution in [2.24, 2.45) is 5.73 Å². The summed E-state index contributed by atoms with van der Waals surface area (Å²) in [5.74, 6) is 4.95. The van der Waals surface area contributed by atoms with Crippen molar-refractivity contribution in [3.8, 4) is 17.6 Å². The number of benzene rings is 1. The molecule has 3 N–H and O–H groups in total. The Morgan fingerprint density at radius 1 is 1.27 bits per heavy atom. The lowest BCUT2D eigenvalue weighted by Crippen LogP contribution is -2.23. The average Bonchev–Trinajstić information content (AvgIpc) is 3.05. The van der Waals surface area contributed by atoms with E-state index in [1.807, 2.05) is 0 Å². The molecule has 0 bridgehead atoms. The molecule has 1 aromatic carbocycles. The van der Waals surface area contributed by atoms with E-state index in [2.05, 4.69) is 26.8 Å². The summed E-state index contributed by atoms with van der Waals surface area (Å²) in [4.78, 5) is 22.7. The molecule has 7 nitrogen and oxygen atoms in total. The average molecular weight is 299 g/mol. The highest BCUT2D eigenvalue weighted by Crippen LogP contribution is 2.16. The monoisotopic (exact) mass is 299 g/mol. The van der Waals surface area contributed by atoms with Crippen molar-refractivity contribution in [1.82, 2.24) is 10.5 Å². The van der Waals surface area contributed by atoms with E-state index in [0.29, 0.717) is 11.3 Å². The van der Waals surface area contributed by atoms with Gasteiger partial charge >= 0.3 is 0 Å². The summed E-state index contributed by atoms with van der Waals surface area (Å²) < 4.78 is 10.1. The summed E-state index contributed by atoms with van der Waals surface area (Å²) in [5.41, 5.74) is 5.52. The third-order valence-electron chi connectivity index (χ3n) is 2.58. The quantitative estimate of drug-likeness (QED) is 0.785. The SMILES string of the molecule is NC(=O)c1ccccc1OCC#CCNC(=O)c1ccno1. The van der Waals surface area contributed by atoms with Crippen LogP contribution in [0.25, 0.3) is 0 Å². The standard InChI is InChI=1S/C15H13N3O4/c16-14(19)11-5-1-2-6-12(11)21-10-4-3-8-17-15(20)13-7-9-18-22-13/h1-2,5-7,9H,8,10H2,(H2,16,19)(H,17,20). The van der Waals surface area contributed by atoms with Crippen LogP contribution in [-0.4, -0.2) is 30.1 Å². The number of hydrogen-bond donors (Lipinski definition) is 2. The number of carbonyl (C=O) groups excluding carboxylic acids is 2. The lowest BCUT2D eigenvalue weighted by molar-refractivity contribution is 0.0921. The van der Waals surface area contributed by atoms with Crippen LogP contribution in [0.4, 0.5) is 0 Å². The van der Waals surface area contributed by atoms with Gasteiger partial charge in [-0.25, -0.2) is 0 Å². The maximum Gasteiger partial charge on any atom is 0.290 e. The number of aromatic nitrogens is 1. The number of nitrogens with zero attached hydrogens (tertiary/aromatic N) is 1. The van der Waals surface area contributed by atoms with Gasteiger partial charge in [0.15, 0.2) is 0 Å². The van der Waals surface area contributed by atoms with Gasteiger partial charge in [-0.2, -0.15) is 0 Å². The van der Waals surface area contributed by atoms with Crippen molar-refractivity contribution in [2.45, 2.75) is 0 Å². The van der Waals surface area contributed by atoms with Gasteiger partial charge in [0, 0.05) is 6.07 Å². The van der Waals surface area contributed by atoms with E-state index in [0.717, 1.165) is 0 Å². The van der Waals surface area contributed by atoms with Gasteiger partial charge in [-0.1, -0.05) is 29.1 Å². The second-order valence-corrected chi connectivity index (χ2v) is 4.06. The van der Waals surface area contributed by atoms with Gasteiger partial charge in [-0.05, 0) is 12.1 Å². The number of amides is 2. The number of rotatable bonds is 5. The molecule has 2 amide bonds. The highest BCUT2D eigenvalue weighted by Gasteiger charge is 2.08. The summed E-state index contributed by atoms with van der Waals surface area (Å²) >= 11 is 0. The zero-order chi connectivity index (χ0) is 15.8. The number of nitrogens with two attached hydrogens (primary N) is 1. The van der Waals surface area contributed by atoms with Crippen LogP contribution in [0.3, 0.4) is 0 Å². The van der Waals surface area contributed by atoms with Crippen molar-refractivity contribution in [1.29, 1.82) is 0 Å². The van der Waals surface area contributed by atoms with Crippen LogP contribution >= 0.6 is 0 Å². The molecule has 112 valence electrons. The molecule has 0 aliphatic carbocycles. The normalized spacial score (nSPS) is 9.45. The highest BCUT2D eigenvalue weighted by atomic mass is 16.5. The largest absolute Gasteiger partial charge is 0.480 e. The van der Waals surface area contributed by atoms with Gasteiger partial charge in [0.25, 0.3) is 11.8 Å². The third-order valence-corrected chi connectivity index (χ3v) is 2.58. The van der Waals surface area contributed by atoms with Crippen LogP contribution in [0.2, 0.25) is 0 Å². The van der Waals surface area contributed by atoms with E-state index in [1.165, 1.54) is 12.3 Å². The van der Waals surface area contributed by atoms with Crippen molar-refractivity contribution in [3.05, 3.63) is 47.9 Å². The zero-order valence-corrected chi connectivity index (χ0v) is 11.5. The van der Waals surface area contributed by atoms with Crippen LogP contribution in [0, 0.1) is 11.8 Å². The lowest BCUT2D eigenvalue weighted by Gasteiger charge is -2.05. The molecule has 1 aromatic heterocycles. The maximum absolute atomic E-state index is 11.5. The molecule has 1 heterocycles. The second-order valence-electron chi connectivity index (χ2n) is 4.06. The topological polar surface area (TPSA) is 107 Å². The molecule has 0 atom stereocenters. The van der Waals surface area contributed by atoms with Crippen LogP contribution in [0.1, 0.15) is 20.9 Å². The summed E-state index contributed by atoms with van der Waals surface area (Å²) in [5, 5.41) is 5.96. The predicted molar refractivity (Wildman–Crippen MR) is 77.1 cm³/mol. The highest BCUT2D eigenvalue weighted by molar-refractivity contribution is 5.95. The zero-order valence-electron chi connectivity index (χ0n) is 11.5. The summed E-state index contributed by atoms with van der Waals surface area (Å²) in [6, 6.07) is 8.08. The number of hydrogen-bond acceptors (Lipinski definition) is 5. The molecule has 7 heteroatoms. The Balaban J connectivity index is 1.78. The second kappa shape index (κ2) is 7.50. The number of carbonyl (C=O) groups is 2. The molecule has 0 spiro atoms. The minimum atomic E-state index is -0.567. The minimum absolute atomic E-state index is 0.0719. The van der Waals surface area contributed by atoms with Crippen LogP contribution in [-0.2, 0) is 0 Å². The fourth-order valence-electron chi connectivity index (χ4n) is 1.57. The molecular weight excluding hydrogens is 286 g/mol. The molecule has 2 rings (SSSR count). The fraction of sp³-hybridized carbons (Fsp3) is 0.133. The fourth-order valence-corrected chi connectivity index (χ4v) is 1.57. The van der Waals surface area contributed by atoms with Gasteiger partial charge in [-0.3, -0.25) is 9.59 Å². The molecule has 0 aliphatic heterocycles. The Morgan fingerprint density at radius 2 is 2.09 bits per heavy atom. The lowest BCUT2D eigenvalue weighted by atomic mass is 10.2. The van der Waals surface area contributed by atoms with Gasteiger partial charge in [0.2, 0.25) is 5.76 Å². The number of para-hydroxylation sites is 1. The van der Waals surface area contributed by atoms with E-state index in [4.69, 9.17) is 10.5 Å². The third kappa shape index (κ3) is 4.11. The summed E-state index contributed by atoms with van der Waals surface area (Å²) in [6.45, 7) is 0.211. The van der Waals surface area contributed by atoms with E-state index in [9.17, 15) is 9.59 Å². The van der Waals surface area contributed by atoms with Gasteiger partial charge in [0.05, 0.1) is 18.3 Å². The molecule has 0 saturated heterocycles. The molecule has 0 aliphatic rings. The van der Waals surface area contributed by atoms with Gasteiger partial charge < -0.3 is 20.3 Å². The van der Waals surface area contributed by atoms with Gasteiger partial charge in [-0.15, -0.1) is 0 Å². The molecule has 22 heavy (non-hydrogen) atoms. The summed E-state index contributed by atoms with van der Waals surface area (Å²) in [7, 11) is 0. The first-order valence-electron chi connectivity index (χ1n) is 6.34. The van der Waals surface area contributed by atoms with Crippen molar-refractivity contribution < 1.29 is 18.8 Å². The van der Waals surface area contributed by atoms with Crippen molar-refractivity contribution in [3.63, 3.8) is 0 Å². The summed E-state index contributed by atoms with van der Waals surface area (Å²) in [6.07, 6.45) is 1.38. The van der Waals surface area contributed by atoms with Crippen LogP contribution in [0.15, 0.2) is 41.1 Å². The first-order valence-corrected chi connectivity index (χ1v) is 6.34. The van der Waals surface area contributed by atoms with Crippen molar-refractivity contribution in [2.75, 3.05) is 13.2 Å². The Bertz CT molecular complexity index is 714. The van der Waals surface area contributed by atoms with E-state index >= 15 is 0 Å². The minimum Gasteiger partial charge on any atom is -0.480 e. The molecular formula is C15H13N3O4. The van der Waals surface area contributed by atoms with E-state index in [-0.39, 0.29) is 18.9 Å². The smallest absolute Gasteiger partial charge is 0.290 e. The molecule has 0 saturated carbocycles. The Hall–Kier alpha value is -3.27. The van der Waals surface area contributed by atoms with Crippen molar-refractivity contribution >= 4 is 11.8 Å². The first kappa shape index (κ1) is 15.1. The Labute approximate surface area is 126 Å². The Morgan fingerprint density at radius 3 is 2.82 bits per heavy atom. The molecule has 0 radical (unpaired) electrons. The molecule has 2 aromatic rings. The van der Waals surface area contributed by atoms with Gasteiger partial charge in [0.1, 0.15) is 12.4 Å². The maximum atomic E-state index is 11.5. The first-order chi connectivity index (χ1) is 10.7. The van der Waals surface area contributed by atoms with Crippen LogP contribution in [0.5, 0.6) is 5.75 Å². The van der Waals surface area contributed by atoms with E-state index < -0.39 is 11.8 Å². The van der Waals surface area contributed by atoms with Crippen LogP contribution < -0.4 is 15.8 Å². The number of primary amides is 1. The van der Waals surface area contributed by atoms with E-state index in [1.54, 1.807) is 24.3 Å². The molecule has 0 unspecified atom stereocenters. The Kier molecular flexibility index (Phi) is 5.15. The number of nitrogens with one attached hydrogen (secondary N) is 1. The number of ether oxygens (including phenoxy) is 1. The molecule has 0 fully saturated rings. The predicted octanol–water partition coefficient (Wildman–Crippen LogP) is 0.586.